The summed E-state index contributed by atoms with van der Waals surface area (Å²) in [6.45, 7) is 5.19. The fourth-order valence-electron chi connectivity index (χ4n) is 1.50. The van der Waals surface area contributed by atoms with Crippen molar-refractivity contribution in [3.8, 4) is 5.75 Å². The van der Waals surface area contributed by atoms with E-state index in [0.717, 1.165) is 6.54 Å². The number of hydrogen-bond acceptors (Lipinski definition) is 3. The van der Waals surface area contributed by atoms with Crippen molar-refractivity contribution in [1.82, 2.24) is 10.6 Å². The molecule has 0 aliphatic rings. The Labute approximate surface area is 102 Å². The molecular weight excluding hydrogens is 216 g/mol. The summed E-state index contributed by atoms with van der Waals surface area (Å²) >= 11 is 0. The highest BCUT2D eigenvalue weighted by Crippen LogP contribution is 2.17. The van der Waals surface area contributed by atoms with Gasteiger partial charge in [-0.25, -0.2) is 0 Å². The average Bonchev–Trinajstić information content (AvgIpc) is 2.36. The van der Waals surface area contributed by atoms with Crippen LogP contribution in [0.3, 0.4) is 0 Å². The molecule has 0 bridgehead atoms. The standard InChI is InChI=1S/C13H20N2O2/c1-4-15-10(2)11-5-7-12(8-6-11)17-9-13(16)14-3/h5-8,10,15H,4,9H2,1-3H3,(H,14,16). The van der Waals surface area contributed by atoms with Crippen LogP contribution in [0.4, 0.5) is 0 Å². The lowest BCUT2D eigenvalue weighted by atomic mass is 10.1. The highest BCUT2D eigenvalue weighted by molar-refractivity contribution is 5.77. The minimum Gasteiger partial charge on any atom is -0.484 e. The smallest absolute Gasteiger partial charge is 0.257 e. The number of amides is 1. The fourth-order valence-corrected chi connectivity index (χ4v) is 1.50. The topological polar surface area (TPSA) is 50.4 Å². The Kier molecular flexibility index (Phi) is 5.49. The quantitative estimate of drug-likeness (QED) is 0.786. The minimum atomic E-state index is -0.130. The van der Waals surface area contributed by atoms with Crippen molar-refractivity contribution in [3.05, 3.63) is 29.8 Å². The molecule has 0 aliphatic heterocycles. The Morgan fingerprint density at radius 2 is 2.00 bits per heavy atom. The van der Waals surface area contributed by atoms with Crippen molar-refractivity contribution in [3.63, 3.8) is 0 Å². The van der Waals surface area contributed by atoms with Gasteiger partial charge in [-0.05, 0) is 31.2 Å². The van der Waals surface area contributed by atoms with Gasteiger partial charge >= 0.3 is 0 Å². The van der Waals surface area contributed by atoms with Gasteiger partial charge in [0.15, 0.2) is 6.61 Å². The van der Waals surface area contributed by atoms with Crippen LogP contribution in [0.2, 0.25) is 0 Å². The lowest BCUT2D eigenvalue weighted by molar-refractivity contribution is -0.122. The van der Waals surface area contributed by atoms with Gasteiger partial charge in [-0.3, -0.25) is 4.79 Å². The molecule has 0 aromatic heterocycles. The van der Waals surface area contributed by atoms with Crippen molar-refractivity contribution in [2.24, 2.45) is 0 Å². The van der Waals surface area contributed by atoms with Gasteiger partial charge in [0.1, 0.15) is 5.75 Å². The molecule has 1 aromatic rings. The normalized spacial score (nSPS) is 11.9. The summed E-state index contributed by atoms with van der Waals surface area (Å²) < 4.78 is 5.32. The van der Waals surface area contributed by atoms with Crippen LogP contribution in [0.1, 0.15) is 25.5 Å². The molecule has 4 nitrogen and oxygen atoms in total. The average molecular weight is 236 g/mol. The van der Waals surface area contributed by atoms with Crippen LogP contribution in [-0.4, -0.2) is 26.1 Å². The Morgan fingerprint density at radius 3 is 2.53 bits per heavy atom. The molecule has 1 atom stereocenters. The van der Waals surface area contributed by atoms with Gasteiger partial charge in [0, 0.05) is 13.1 Å². The third kappa shape index (κ3) is 4.44. The van der Waals surface area contributed by atoms with Gasteiger partial charge in [-0.2, -0.15) is 0 Å². The number of carbonyl (C=O) groups excluding carboxylic acids is 1. The van der Waals surface area contributed by atoms with Crippen molar-refractivity contribution in [2.45, 2.75) is 19.9 Å². The van der Waals surface area contributed by atoms with E-state index >= 15 is 0 Å². The molecule has 1 aromatic carbocycles. The zero-order chi connectivity index (χ0) is 12.7. The number of carbonyl (C=O) groups is 1. The number of nitrogens with one attached hydrogen (secondary N) is 2. The number of benzene rings is 1. The van der Waals surface area contributed by atoms with Crippen LogP contribution in [0.25, 0.3) is 0 Å². The van der Waals surface area contributed by atoms with Gasteiger partial charge in [-0.1, -0.05) is 19.1 Å². The summed E-state index contributed by atoms with van der Waals surface area (Å²) in [5.74, 6) is 0.580. The first kappa shape index (κ1) is 13.5. The molecule has 0 radical (unpaired) electrons. The summed E-state index contributed by atoms with van der Waals surface area (Å²) in [5.41, 5.74) is 1.21. The third-order valence-corrected chi connectivity index (χ3v) is 2.54. The fraction of sp³-hybridized carbons (Fsp3) is 0.462. The Hall–Kier alpha value is -1.55. The van der Waals surface area contributed by atoms with E-state index in [0.29, 0.717) is 11.8 Å². The SMILES string of the molecule is CCNC(C)c1ccc(OCC(=O)NC)cc1. The van der Waals surface area contributed by atoms with Crippen LogP contribution in [0.5, 0.6) is 5.75 Å². The number of rotatable bonds is 6. The molecule has 1 amide bonds. The number of ether oxygens (including phenoxy) is 1. The van der Waals surface area contributed by atoms with E-state index in [2.05, 4.69) is 24.5 Å². The minimum absolute atomic E-state index is 0.0542. The Morgan fingerprint density at radius 1 is 1.35 bits per heavy atom. The maximum absolute atomic E-state index is 11.0. The first-order chi connectivity index (χ1) is 8.17. The maximum atomic E-state index is 11.0. The highest BCUT2D eigenvalue weighted by Gasteiger charge is 2.04. The molecule has 0 spiro atoms. The molecule has 1 rings (SSSR count). The van der Waals surface area contributed by atoms with Crippen molar-refractivity contribution in [2.75, 3.05) is 20.2 Å². The summed E-state index contributed by atoms with van der Waals surface area (Å²) in [7, 11) is 1.59. The second-order valence-corrected chi connectivity index (χ2v) is 3.81. The van der Waals surface area contributed by atoms with E-state index in [1.54, 1.807) is 7.05 Å². The van der Waals surface area contributed by atoms with E-state index in [1.807, 2.05) is 24.3 Å². The van der Waals surface area contributed by atoms with E-state index in [4.69, 9.17) is 4.74 Å². The van der Waals surface area contributed by atoms with E-state index in [9.17, 15) is 4.79 Å². The molecule has 94 valence electrons. The first-order valence-electron chi connectivity index (χ1n) is 5.84. The Balaban J connectivity index is 2.52. The van der Waals surface area contributed by atoms with Gasteiger partial charge in [-0.15, -0.1) is 0 Å². The second-order valence-electron chi connectivity index (χ2n) is 3.81. The molecular formula is C13H20N2O2. The molecule has 0 saturated heterocycles. The first-order valence-corrected chi connectivity index (χ1v) is 5.84. The van der Waals surface area contributed by atoms with Gasteiger partial charge in [0.25, 0.3) is 5.91 Å². The van der Waals surface area contributed by atoms with E-state index in [1.165, 1.54) is 5.56 Å². The van der Waals surface area contributed by atoms with Gasteiger partial charge in [0.2, 0.25) is 0 Å². The van der Waals surface area contributed by atoms with Crippen LogP contribution in [0, 0.1) is 0 Å². The molecule has 4 heteroatoms. The molecule has 2 N–H and O–H groups in total. The summed E-state index contributed by atoms with van der Waals surface area (Å²) in [5, 5.41) is 5.84. The molecule has 0 heterocycles. The third-order valence-electron chi connectivity index (χ3n) is 2.54. The zero-order valence-corrected chi connectivity index (χ0v) is 10.6. The number of hydrogen-bond donors (Lipinski definition) is 2. The lowest BCUT2D eigenvalue weighted by Gasteiger charge is -2.13. The molecule has 1 unspecified atom stereocenters. The molecule has 17 heavy (non-hydrogen) atoms. The van der Waals surface area contributed by atoms with Gasteiger partial charge < -0.3 is 15.4 Å². The molecule has 0 saturated carbocycles. The highest BCUT2D eigenvalue weighted by atomic mass is 16.5. The van der Waals surface area contributed by atoms with Crippen LogP contribution in [0.15, 0.2) is 24.3 Å². The predicted octanol–water partition coefficient (Wildman–Crippen LogP) is 1.48. The monoisotopic (exact) mass is 236 g/mol. The Bertz CT molecular complexity index is 349. The van der Waals surface area contributed by atoms with Crippen molar-refractivity contribution in [1.29, 1.82) is 0 Å². The summed E-state index contributed by atoms with van der Waals surface area (Å²) in [6.07, 6.45) is 0. The summed E-state index contributed by atoms with van der Waals surface area (Å²) in [6, 6.07) is 8.10. The van der Waals surface area contributed by atoms with E-state index < -0.39 is 0 Å². The van der Waals surface area contributed by atoms with Crippen LogP contribution >= 0.6 is 0 Å². The predicted molar refractivity (Wildman–Crippen MR) is 68.1 cm³/mol. The number of likely N-dealkylation sites (N-methyl/N-ethyl adjacent to an activating group) is 1. The lowest BCUT2D eigenvalue weighted by Crippen LogP contribution is -2.24. The van der Waals surface area contributed by atoms with Gasteiger partial charge in [0.05, 0.1) is 0 Å². The van der Waals surface area contributed by atoms with Crippen LogP contribution < -0.4 is 15.4 Å². The van der Waals surface area contributed by atoms with Crippen LogP contribution in [-0.2, 0) is 4.79 Å². The largest absolute Gasteiger partial charge is 0.484 e. The zero-order valence-electron chi connectivity index (χ0n) is 10.6. The van der Waals surface area contributed by atoms with Crippen molar-refractivity contribution < 1.29 is 9.53 Å². The second kappa shape index (κ2) is 6.91. The summed E-state index contributed by atoms with van der Waals surface area (Å²) in [4.78, 5) is 11.0. The van der Waals surface area contributed by atoms with E-state index in [-0.39, 0.29) is 12.5 Å². The maximum Gasteiger partial charge on any atom is 0.257 e. The molecule has 0 fully saturated rings. The molecule has 0 aliphatic carbocycles. The van der Waals surface area contributed by atoms with Crippen molar-refractivity contribution >= 4 is 5.91 Å².